The Hall–Kier alpha value is -2.05. The summed E-state index contributed by atoms with van der Waals surface area (Å²) in [4.78, 5) is 24.4. The van der Waals surface area contributed by atoms with E-state index in [-0.39, 0.29) is 30.3 Å². The first kappa shape index (κ1) is 17.3. The molecule has 2 rings (SSSR count). The monoisotopic (exact) mass is 335 g/mol. The molecule has 0 saturated carbocycles. The van der Waals surface area contributed by atoms with Gasteiger partial charge < -0.3 is 10.4 Å². The molecule has 23 heavy (non-hydrogen) atoms. The van der Waals surface area contributed by atoms with E-state index in [1.807, 2.05) is 5.38 Å². The van der Waals surface area contributed by atoms with Gasteiger partial charge in [0.1, 0.15) is 5.82 Å². The van der Waals surface area contributed by atoms with Gasteiger partial charge in [0.2, 0.25) is 5.91 Å². The minimum atomic E-state index is -0.937. The van der Waals surface area contributed by atoms with Crippen LogP contribution in [0.25, 0.3) is 0 Å². The lowest BCUT2D eigenvalue weighted by Gasteiger charge is -2.20. The Morgan fingerprint density at radius 3 is 2.52 bits per heavy atom. The van der Waals surface area contributed by atoms with Gasteiger partial charge in [0.25, 0.3) is 0 Å². The Labute approximate surface area is 138 Å². The van der Waals surface area contributed by atoms with Crippen molar-refractivity contribution in [1.82, 2.24) is 5.32 Å². The van der Waals surface area contributed by atoms with Crippen LogP contribution in [0.15, 0.2) is 41.8 Å². The minimum absolute atomic E-state index is 0.0667. The van der Waals surface area contributed by atoms with E-state index in [4.69, 9.17) is 0 Å². The number of carbonyl (C=O) groups excluding carboxylic acids is 2. The van der Waals surface area contributed by atoms with Crippen LogP contribution in [0.3, 0.4) is 0 Å². The van der Waals surface area contributed by atoms with Gasteiger partial charge in [0.05, 0.1) is 17.0 Å². The standard InChI is InChI=1S/C17H18FNO3S/c1-11(17(22)12-4-6-13(18)7-5-12)19-16(21)9-8-14(20)15-3-2-10-23-15/h2-7,10-11,17,22H,8-9H2,1H3,(H,19,21). The van der Waals surface area contributed by atoms with Crippen LogP contribution < -0.4 is 5.32 Å². The van der Waals surface area contributed by atoms with Gasteiger partial charge in [0, 0.05) is 12.8 Å². The molecule has 1 heterocycles. The molecule has 2 atom stereocenters. The van der Waals surface area contributed by atoms with Crippen molar-refractivity contribution in [3.8, 4) is 0 Å². The number of aliphatic hydroxyl groups is 1. The smallest absolute Gasteiger partial charge is 0.220 e. The number of ketones is 1. The van der Waals surface area contributed by atoms with Crippen LogP contribution in [0.2, 0.25) is 0 Å². The average molecular weight is 335 g/mol. The van der Waals surface area contributed by atoms with Gasteiger partial charge in [-0.15, -0.1) is 11.3 Å². The van der Waals surface area contributed by atoms with E-state index in [0.29, 0.717) is 10.4 Å². The van der Waals surface area contributed by atoms with Crippen LogP contribution in [0.5, 0.6) is 0 Å². The van der Waals surface area contributed by atoms with Crippen molar-refractivity contribution in [2.24, 2.45) is 0 Å². The number of hydrogen-bond acceptors (Lipinski definition) is 4. The Bertz CT molecular complexity index is 655. The lowest BCUT2D eigenvalue weighted by atomic mass is 10.0. The zero-order valence-corrected chi connectivity index (χ0v) is 13.5. The minimum Gasteiger partial charge on any atom is -0.386 e. The molecule has 4 nitrogen and oxygen atoms in total. The molecule has 2 N–H and O–H groups in total. The van der Waals surface area contributed by atoms with E-state index in [9.17, 15) is 19.1 Å². The van der Waals surface area contributed by atoms with Crippen molar-refractivity contribution in [2.75, 3.05) is 0 Å². The predicted molar refractivity (Wildman–Crippen MR) is 86.8 cm³/mol. The fourth-order valence-corrected chi connectivity index (χ4v) is 2.84. The van der Waals surface area contributed by atoms with E-state index in [1.165, 1.54) is 35.6 Å². The highest BCUT2D eigenvalue weighted by Crippen LogP contribution is 2.17. The summed E-state index contributed by atoms with van der Waals surface area (Å²) in [6.45, 7) is 1.66. The number of rotatable bonds is 7. The molecule has 0 aliphatic carbocycles. The second-order valence-electron chi connectivity index (χ2n) is 5.25. The van der Waals surface area contributed by atoms with E-state index < -0.39 is 12.1 Å². The van der Waals surface area contributed by atoms with E-state index in [0.717, 1.165) is 0 Å². The van der Waals surface area contributed by atoms with Crippen molar-refractivity contribution in [3.63, 3.8) is 0 Å². The number of Topliss-reactive ketones (excluding diaryl/α,β-unsaturated/α-hetero) is 1. The molecule has 0 fully saturated rings. The Kier molecular flexibility index (Phi) is 6.01. The molecular formula is C17H18FNO3S. The summed E-state index contributed by atoms with van der Waals surface area (Å²) >= 11 is 1.35. The fourth-order valence-electron chi connectivity index (χ4n) is 2.14. The normalized spacial score (nSPS) is 13.3. The summed E-state index contributed by atoms with van der Waals surface area (Å²) in [5.41, 5.74) is 0.522. The molecule has 1 amide bonds. The predicted octanol–water partition coefficient (Wildman–Crippen LogP) is 3.09. The second-order valence-corrected chi connectivity index (χ2v) is 6.20. The molecule has 0 saturated heterocycles. The molecule has 0 aliphatic rings. The largest absolute Gasteiger partial charge is 0.386 e. The number of hydrogen-bond donors (Lipinski definition) is 2. The fraction of sp³-hybridized carbons (Fsp3) is 0.294. The number of aliphatic hydroxyl groups excluding tert-OH is 1. The van der Waals surface area contributed by atoms with Crippen molar-refractivity contribution >= 4 is 23.0 Å². The number of benzene rings is 1. The molecule has 6 heteroatoms. The summed E-state index contributed by atoms with van der Waals surface area (Å²) in [7, 11) is 0. The van der Waals surface area contributed by atoms with Gasteiger partial charge in [0.15, 0.2) is 5.78 Å². The molecule has 2 aromatic rings. The van der Waals surface area contributed by atoms with Crippen LogP contribution >= 0.6 is 11.3 Å². The molecule has 1 aromatic heterocycles. The maximum atomic E-state index is 12.9. The summed E-state index contributed by atoms with van der Waals surface area (Å²) < 4.78 is 12.9. The summed E-state index contributed by atoms with van der Waals surface area (Å²) in [6, 6.07) is 8.45. The number of thiophene rings is 1. The topological polar surface area (TPSA) is 66.4 Å². The van der Waals surface area contributed by atoms with Gasteiger partial charge in [-0.1, -0.05) is 18.2 Å². The third-order valence-electron chi connectivity index (χ3n) is 3.45. The molecule has 1 aromatic carbocycles. The van der Waals surface area contributed by atoms with Crippen LogP contribution in [-0.4, -0.2) is 22.8 Å². The summed E-state index contributed by atoms with van der Waals surface area (Å²) in [5.74, 6) is -0.754. The van der Waals surface area contributed by atoms with Crippen molar-refractivity contribution in [2.45, 2.75) is 31.9 Å². The van der Waals surface area contributed by atoms with Crippen LogP contribution in [0.1, 0.15) is 41.1 Å². The van der Waals surface area contributed by atoms with E-state index in [2.05, 4.69) is 5.32 Å². The third kappa shape index (κ3) is 4.97. The Morgan fingerprint density at radius 2 is 1.91 bits per heavy atom. The molecule has 2 unspecified atom stereocenters. The molecule has 122 valence electrons. The zero-order valence-electron chi connectivity index (χ0n) is 12.7. The molecule has 0 aliphatic heterocycles. The quantitative estimate of drug-likeness (QED) is 0.764. The average Bonchev–Trinajstić information content (AvgIpc) is 3.07. The van der Waals surface area contributed by atoms with Crippen molar-refractivity contribution in [3.05, 3.63) is 58.0 Å². The lowest BCUT2D eigenvalue weighted by molar-refractivity contribution is -0.122. The van der Waals surface area contributed by atoms with Gasteiger partial charge in [-0.3, -0.25) is 9.59 Å². The highest BCUT2D eigenvalue weighted by atomic mass is 32.1. The number of carbonyl (C=O) groups is 2. The Morgan fingerprint density at radius 1 is 1.22 bits per heavy atom. The van der Waals surface area contributed by atoms with Gasteiger partial charge >= 0.3 is 0 Å². The van der Waals surface area contributed by atoms with Crippen molar-refractivity contribution < 1.29 is 19.1 Å². The molecule has 0 bridgehead atoms. The van der Waals surface area contributed by atoms with Gasteiger partial charge in [-0.2, -0.15) is 0 Å². The summed E-state index contributed by atoms with van der Waals surface area (Å²) in [5, 5.41) is 14.6. The number of amides is 1. The molecular weight excluding hydrogens is 317 g/mol. The van der Waals surface area contributed by atoms with Crippen LogP contribution in [0.4, 0.5) is 4.39 Å². The van der Waals surface area contributed by atoms with E-state index in [1.54, 1.807) is 19.1 Å². The van der Waals surface area contributed by atoms with E-state index >= 15 is 0 Å². The first-order valence-electron chi connectivity index (χ1n) is 7.27. The number of halogens is 1. The highest BCUT2D eigenvalue weighted by molar-refractivity contribution is 7.12. The highest BCUT2D eigenvalue weighted by Gasteiger charge is 2.19. The Balaban J connectivity index is 1.82. The lowest BCUT2D eigenvalue weighted by Crippen LogP contribution is -2.37. The first-order valence-corrected chi connectivity index (χ1v) is 8.15. The van der Waals surface area contributed by atoms with Gasteiger partial charge in [-0.25, -0.2) is 4.39 Å². The molecule has 0 spiro atoms. The van der Waals surface area contributed by atoms with Crippen molar-refractivity contribution in [1.29, 1.82) is 0 Å². The summed E-state index contributed by atoms with van der Waals surface area (Å²) in [6.07, 6.45) is -0.740. The van der Waals surface area contributed by atoms with Crippen LogP contribution in [0, 0.1) is 5.82 Å². The zero-order chi connectivity index (χ0) is 16.8. The first-order chi connectivity index (χ1) is 11.0. The second kappa shape index (κ2) is 7.99. The maximum absolute atomic E-state index is 12.9. The van der Waals surface area contributed by atoms with Crippen LogP contribution in [-0.2, 0) is 4.79 Å². The molecule has 0 radical (unpaired) electrons. The third-order valence-corrected chi connectivity index (χ3v) is 4.36. The maximum Gasteiger partial charge on any atom is 0.220 e. The number of nitrogens with one attached hydrogen (secondary N) is 1. The van der Waals surface area contributed by atoms with Gasteiger partial charge in [-0.05, 0) is 36.1 Å². The SMILES string of the molecule is CC(NC(=O)CCC(=O)c1cccs1)C(O)c1ccc(F)cc1.